The molecule has 0 bridgehead atoms. The van der Waals surface area contributed by atoms with Gasteiger partial charge in [0.1, 0.15) is 0 Å². The summed E-state index contributed by atoms with van der Waals surface area (Å²) < 4.78 is 0. The van der Waals surface area contributed by atoms with E-state index >= 15 is 0 Å². The molecule has 0 heterocycles. The van der Waals surface area contributed by atoms with Crippen molar-refractivity contribution in [3.05, 3.63) is 0 Å². The molecule has 0 saturated carbocycles. The second-order valence-corrected chi connectivity index (χ2v) is 0. The van der Waals surface area contributed by atoms with Crippen molar-refractivity contribution in [1.82, 2.24) is 0 Å². The van der Waals surface area contributed by atoms with Gasteiger partial charge in [-0.25, -0.2) is 0 Å². The van der Waals surface area contributed by atoms with Crippen LogP contribution in [0, 0.1) is 41.7 Å². The molecule has 0 aromatic rings. The topological polar surface area (TPSA) is 0 Å². The van der Waals surface area contributed by atoms with Crippen molar-refractivity contribution in [3.63, 3.8) is 0 Å². The van der Waals surface area contributed by atoms with E-state index in [1.807, 2.05) is 0 Å². The maximum Gasteiger partial charge on any atom is 0 e. The van der Waals surface area contributed by atoms with Crippen molar-refractivity contribution in [2.75, 3.05) is 0 Å². The first-order valence-electron chi connectivity index (χ1n) is 0. The van der Waals surface area contributed by atoms with Crippen LogP contribution in [0.15, 0.2) is 0 Å². The SMILES string of the molecule is [Ce].[Co].[Cu].[Mo].[Ti].[Zr]. The zero-order valence-corrected chi connectivity index (χ0v) is 13.7. The zero-order valence-electron chi connectivity index (χ0n) is 2.54. The summed E-state index contributed by atoms with van der Waals surface area (Å²) >= 11 is 0. The van der Waals surface area contributed by atoms with Crippen LogP contribution >= 0.6 is 0 Å². The third-order valence-corrected chi connectivity index (χ3v) is 0. The summed E-state index contributed by atoms with van der Waals surface area (Å²) in [7, 11) is 0. The second-order valence-electron chi connectivity index (χ2n) is 0. The average Bonchev–Trinajstić information content (AvgIpc) is 0. The Morgan fingerprint density at radius 3 is 1.00 bits per heavy atom. The molecular formula is CeCoCuMoTiZr. The molecule has 0 unspecified atom stereocenters. The van der Waals surface area contributed by atoms with Crippen molar-refractivity contribution < 1.29 is 145 Å². The summed E-state index contributed by atoms with van der Waals surface area (Å²) in [5.74, 6) is 0. The number of hydrogen-bond acceptors (Lipinski definition) is 0. The first-order chi connectivity index (χ1) is 0. The van der Waals surface area contributed by atoms with Crippen LogP contribution in [0.3, 0.4) is 0 Å². The molecule has 0 saturated heterocycles. The Kier molecular flexibility index (Phi) is 253. The van der Waals surface area contributed by atoms with E-state index in [-0.39, 0.29) is 145 Å². The van der Waals surface area contributed by atoms with Gasteiger partial charge in [-0.2, -0.15) is 0 Å². The quantitative estimate of drug-likeness (QED) is 0.413. The summed E-state index contributed by atoms with van der Waals surface area (Å²) in [6.45, 7) is 0. The third kappa shape index (κ3) is 23.4. The smallest absolute Gasteiger partial charge is 0 e. The van der Waals surface area contributed by atoms with E-state index in [0.29, 0.717) is 0 Å². The van der Waals surface area contributed by atoms with Crippen molar-refractivity contribution in [2.45, 2.75) is 0 Å². The molecule has 0 aromatic heterocycles. The van der Waals surface area contributed by atoms with Gasteiger partial charge in [0.05, 0.1) is 0 Å². The predicted octanol–water partition coefficient (Wildman–Crippen LogP) is -0.0125. The molecule has 6 heavy (non-hydrogen) atoms. The van der Waals surface area contributed by atoms with Gasteiger partial charge in [0.2, 0.25) is 0 Å². The minimum atomic E-state index is 0. The average molecular weight is 498 g/mol. The Morgan fingerprint density at radius 1 is 1.00 bits per heavy atom. The molecule has 0 amide bonds. The first-order valence-corrected chi connectivity index (χ1v) is 0. The molecule has 0 aromatic carbocycles. The van der Waals surface area contributed by atoms with Crippen LogP contribution in [0.5, 0.6) is 0 Å². The minimum Gasteiger partial charge on any atom is 0 e. The summed E-state index contributed by atoms with van der Waals surface area (Å²) in [4.78, 5) is 0. The van der Waals surface area contributed by atoms with Crippen LogP contribution in [-0.2, 0) is 103 Å². The summed E-state index contributed by atoms with van der Waals surface area (Å²) in [6, 6.07) is 0. The maximum atomic E-state index is 0. The maximum absolute atomic E-state index is 0. The molecule has 6 heteroatoms. The fourth-order valence-corrected chi connectivity index (χ4v) is 0. The van der Waals surface area contributed by atoms with E-state index < -0.39 is 0 Å². The Morgan fingerprint density at radius 2 is 1.00 bits per heavy atom. The van der Waals surface area contributed by atoms with Gasteiger partial charge >= 0.3 is 0 Å². The standard InChI is InChI=1S/Ce.Co.Cu.Mo.Ti.Zr. The Hall–Kier alpha value is 4.69. The molecule has 0 rings (SSSR count). The van der Waals surface area contributed by atoms with Gasteiger partial charge in [-0.3, -0.25) is 0 Å². The van der Waals surface area contributed by atoms with Crippen LogP contribution in [0.2, 0.25) is 0 Å². The molecule has 0 fully saturated rings. The summed E-state index contributed by atoms with van der Waals surface area (Å²) in [6.07, 6.45) is 0. The van der Waals surface area contributed by atoms with E-state index in [4.69, 9.17) is 0 Å². The normalized spacial score (nSPS) is 0. The fraction of sp³-hybridized carbons (Fsp3) is 0. The number of hydrogen-bond donors (Lipinski definition) is 0. The van der Waals surface area contributed by atoms with Crippen molar-refractivity contribution in [3.8, 4) is 0 Å². The molecule has 2 radical (unpaired) electrons. The Balaban J connectivity index is 0. The molecule has 0 atom stereocenters. The van der Waals surface area contributed by atoms with Gasteiger partial charge < -0.3 is 0 Å². The number of rotatable bonds is 0. The van der Waals surface area contributed by atoms with E-state index in [9.17, 15) is 0 Å². The van der Waals surface area contributed by atoms with E-state index in [1.54, 1.807) is 0 Å². The van der Waals surface area contributed by atoms with Crippen molar-refractivity contribution >= 4 is 0 Å². The van der Waals surface area contributed by atoms with E-state index in [0.717, 1.165) is 0 Å². The molecule has 0 aliphatic rings. The third-order valence-electron chi connectivity index (χ3n) is 0. The van der Waals surface area contributed by atoms with Gasteiger partial charge in [-0.15, -0.1) is 0 Å². The van der Waals surface area contributed by atoms with E-state index in [1.165, 1.54) is 0 Å². The minimum absolute atomic E-state index is 0. The van der Waals surface area contributed by atoms with Crippen LogP contribution in [-0.4, -0.2) is 0 Å². The van der Waals surface area contributed by atoms with Gasteiger partial charge in [0.25, 0.3) is 0 Å². The molecule has 0 aliphatic heterocycles. The molecule has 0 N–H and O–H groups in total. The fourth-order valence-electron chi connectivity index (χ4n) is 0. The Bertz CT molecular complexity index is 15.5. The van der Waals surface area contributed by atoms with Gasteiger partial charge in [-0.05, 0) is 0 Å². The first kappa shape index (κ1) is 45.6. The molecular weight excluding hydrogens is 498 g/mol. The van der Waals surface area contributed by atoms with Gasteiger partial charge in [0, 0.05) is 145 Å². The zero-order chi connectivity index (χ0) is 0. The van der Waals surface area contributed by atoms with Crippen LogP contribution in [0.1, 0.15) is 0 Å². The largest absolute Gasteiger partial charge is 0 e. The monoisotopic (exact) mass is 498 g/mol. The van der Waals surface area contributed by atoms with Gasteiger partial charge in [-0.1, -0.05) is 0 Å². The van der Waals surface area contributed by atoms with Gasteiger partial charge in [0.15, 0.2) is 0 Å². The molecule has 0 nitrogen and oxygen atoms in total. The van der Waals surface area contributed by atoms with Crippen LogP contribution in [0.4, 0.5) is 0 Å². The molecule has 38 valence electrons. The second kappa shape index (κ2) is 33.3. The predicted molar refractivity (Wildman–Crippen MR) is 0 cm³/mol. The van der Waals surface area contributed by atoms with Crippen LogP contribution in [0.25, 0.3) is 0 Å². The summed E-state index contributed by atoms with van der Waals surface area (Å²) in [5, 5.41) is 0. The van der Waals surface area contributed by atoms with Crippen LogP contribution < -0.4 is 0 Å². The van der Waals surface area contributed by atoms with Crippen molar-refractivity contribution in [1.29, 1.82) is 0 Å². The Labute approximate surface area is 141 Å². The summed E-state index contributed by atoms with van der Waals surface area (Å²) in [5.41, 5.74) is 0. The molecule has 0 spiro atoms. The molecule has 0 aliphatic carbocycles. The van der Waals surface area contributed by atoms with Crippen molar-refractivity contribution in [2.24, 2.45) is 0 Å². The van der Waals surface area contributed by atoms with E-state index in [2.05, 4.69) is 0 Å².